The van der Waals surface area contributed by atoms with E-state index in [1.807, 2.05) is 10.6 Å². The van der Waals surface area contributed by atoms with E-state index in [1.165, 1.54) is 0 Å². The van der Waals surface area contributed by atoms with E-state index in [0.29, 0.717) is 23.6 Å². The Morgan fingerprint density at radius 1 is 1.53 bits per heavy atom. The summed E-state index contributed by atoms with van der Waals surface area (Å²) in [6, 6.07) is 5.24. The van der Waals surface area contributed by atoms with E-state index in [2.05, 4.69) is 0 Å². The molecule has 0 spiro atoms. The highest BCUT2D eigenvalue weighted by Crippen LogP contribution is 2.25. The Labute approximate surface area is 103 Å². The van der Waals surface area contributed by atoms with Gasteiger partial charge in [-0.25, -0.2) is 4.79 Å². The van der Waals surface area contributed by atoms with Crippen molar-refractivity contribution in [3.8, 4) is 0 Å². The maximum atomic E-state index is 11.1. The second-order valence-corrected chi connectivity index (χ2v) is 4.13. The van der Waals surface area contributed by atoms with E-state index in [9.17, 15) is 4.79 Å². The highest BCUT2D eigenvalue weighted by Gasteiger charge is 2.14. The molecule has 1 aromatic carbocycles. The molecule has 0 atom stereocenters. The fourth-order valence-corrected chi connectivity index (χ4v) is 1.99. The standard InChI is InChI=1S/C12H12ClNO3/c1-17-5-4-14-7-10(12(15)16)9-6-8(13)2-3-11(9)14/h2-3,6-7H,4-5H2,1H3,(H,15,16). The van der Waals surface area contributed by atoms with Crippen molar-refractivity contribution in [3.63, 3.8) is 0 Å². The average Bonchev–Trinajstić information content (AvgIpc) is 2.64. The van der Waals surface area contributed by atoms with Crippen LogP contribution in [0.2, 0.25) is 5.02 Å². The molecule has 5 heteroatoms. The molecular weight excluding hydrogens is 242 g/mol. The van der Waals surface area contributed by atoms with Gasteiger partial charge in [-0.15, -0.1) is 0 Å². The van der Waals surface area contributed by atoms with Crippen molar-refractivity contribution in [2.24, 2.45) is 0 Å². The summed E-state index contributed by atoms with van der Waals surface area (Å²) >= 11 is 5.88. The Hall–Kier alpha value is -1.52. The monoisotopic (exact) mass is 253 g/mol. The lowest BCUT2D eigenvalue weighted by Gasteiger charge is -2.03. The molecule has 0 unspecified atom stereocenters. The molecule has 0 aliphatic heterocycles. The highest BCUT2D eigenvalue weighted by atomic mass is 35.5. The second-order valence-electron chi connectivity index (χ2n) is 3.70. The highest BCUT2D eigenvalue weighted by molar-refractivity contribution is 6.31. The van der Waals surface area contributed by atoms with Gasteiger partial charge in [0, 0.05) is 35.8 Å². The van der Waals surface area contributed by atoms with Gasteiger partial charge in [0.1, 0.15) is 0 Å². The normalized spacial score (nSPS) is 10.9. The molecule has 0 saturated carbocycles. The SMILES string of the molecule is COCCn1cc(C(=O)O)c2cc(Cl)ccc21. The van der Waals surface area contributed by atoms with Crippen LogP contribution < -0.4 is 0 Å². The van der Waals surface area contributed by atoms with Gasteiger partial charge in [-0.3, -0.25) is 0 Å². The topological polar surface area (TPSA) is 51.5 Å². The van der Waals surface area contributed by atoms with E-state index in [-0.39, 0.29) is 5.56 Å². The summed E-state index contributed by atoms with van der Waals surface area (Å²) in [5.41, 5.74) is 1.11. The minimum atomic E-state index is -0.951. The Morgan fingerprint density at radius 2 is 2.29 bits per heavy atom. The fourth-order valence-electron chi connectivity index (χ4n) is 1.81. The summed E-state index contributed by atoms with van der Waals surface area (Å²) in [6.07, 6.45) is 1.61. The molecular formula is C12H12ClNO3. The van der Waals surface area contributed by atoms with Crippen molar-refractivity contribution < 1.29 is 14.6 Å². The van der Waals surface area contributed by atoms with Crippen LogP contribution in [-0.2, 0) is 11.3 Å². The van der Waals surface area contributed by atoms with Crippen molar-refractivity contribution in [2.45, 2.75) is 6.54 Å². The van der Waals surface area contributed by atoms with E-state index in [0.717, 1.165) is 5.52 Å². The fraction of sp³-hybridized carbons (Fsp3) is 0.250. The van der Waals surface area contributed by atoms with Gasteiger partial charge >= 0.3 is 5.97 Å². The van der Waals surface area contributed by atoms with Crippen LogP contribution in [0.15, 0.2) is 24.4 Å². The number of halogens is 1. The number of hydrogen-bond donors (Lipinski definition) is 1. The third-order valence-electron chi connectivity index (χ3n) is 2.61. The summed E-state index contributed by atoms with van der Waals surface area (Å²) in [5.74, 6) is -0.951. The van der Waals surface area contributed by atoms with E-state index in [4.69, 9.17) is 21.4 Å². The van der Waals surface area contributed by atoms with Crippen molar-refractivity contribution in [3.05, 3.63) is 35.0 Å². The smallest absolute Gasteiger partial charge is 0.337 e. The first kappa shape index (κ1) is 12.0. The lowest BCUT2D eigenvalue weighted by molar-refractivity contribution is 0.0698. The molecule has 0 amide bonds. The zero-order valence-electron chi connectivity index (χ0n) is 9.31. The molecule has 90 valence electrons. The maximum Gasteiger partial charge on any atom is 0.337 e. The molecule has 4 nitrogen and oxygen atoms in total. The van der Waals surface area contributed by atoms with Gasteiger partial charge in [-0.05, 0) is 18.2 Å². The molecule has 0 aliphatic carbocycles. The maximum absolute atomic E-state index is 11.1. The van der Waals surface area contributed by atoms with Crippen molar-refractivity contribution in [1.29, 1.82) is 0 Å². The number of benzene rings is 1. The number of aromatic nitrogens is 1. The molecule has 2 aromatic rings. The van der Waals surface area contributed by atoms with Crippen LogP contribution in [0.5, 0.6) is 0 Å². The molecule has 1 N–H and O–H groups in total. The van der Waals surface area contributed by atoms with Gasteiger partial charge in [-0.1, -0.05) is 11.6 Å². The second kappa shape index (κ2) is 4.77. The van der Waals surface area contributed by atoms with E-state index >= 15 is 0 Å². The van der Waals surface area contributed by atoms with Gasteiger partial charge in [0.25, 0.3) is 0 Å². The zero-order chi connectivity index (χ0) is 12.4. The van der Waals surface area contributed by atoms with Crippen LogP contribution in [0.1, 0.15) is 10.4 Å². The van der Waals surface area contributed by atoms with Gasteiger partial charge in [0.05, 0.1) is 12.2 Å². The van der Waals surface area contributed by atoms with Gasteiger partial charge in [-0.2, -0.15) is 0 Å². The Bertz CT molecular complexity index is 562. The van der Waals surface area contributed by atoms with E-state index < -0.39 is 5.97 Å². The van der Waals surface area contributed by atoms with Gasteiger partial charge in [0.15, 0.2) is 0 Å². The number of aromatic carboxylic acids is 1. The van der Waals surface area contributed by atoms with Crippen LogP contribution in [-0.4, -0.2) is 29.4 Å². The zero-order valence-corrected chi connectivity index (χ0v) is 10.1. The van der Waals surface area contributed by atoms with E-state index in [1.54, 1.807) is 25.4 Å². The predicted molar refractivity (Wildman–Crippen MR) is 65.8 cm³/mol. The molecule has 0 aliphatic rings. The van der Waals surface area contributed by atoms with Crippen molar-refractivity contribution in [2.75, 3.05) is 13.7 Å². The summed E-state index contributed by atoms with van der Waals surface area (Å²) in [7, 11) is 1.61. The number of carbonyl (C=O) groups is 1. The van der Waals surface area contributed by atoms with Crippen LogP contribution in [0, 0.1) is 0 Å². The quantitative estimate of drug-likeness (QED) is 0.911. The number of fused-ring (bicyclic) bond motifs is 1. The lowest BCUT2D eigenvalue weighted by Crippen LogP contribution is -2.02. The molecule has 17 heavy (non-hydrogen) atoms. The lowest BCUT2D eigenvalue weighted by atomic mass is 10.2. The number of methoxy groups -OCH3 is 1. The molecule has 2 rings (SSSR count). The van der Waals surface area contributed by atoms with Gasteiger partial charge < -0.3 is 14.4 Å². The number of carboxylic acids is 1. The molecule has 0 fully saturated rings. The number of rotatable bonds is 4. The molecule has 1 heterocycles. The minimum absolute atomic E-state index is 0.263. The Kier molecular flexibility index (Phi) is 3.36. The third kappa shape index (κ3) is 2.28. The number of ether oxygens (including phenoxy) is 1. The molecule has 0 saturated heterocycles. The van der Waals surface area contributed by atoms with Crippen LogP contribution in [0.3, 0.4) is 0 Å². The first-order valence-corrected chi connectivity index (χ1v) is 5.52. The average molecular weight is 254 g/mol. The number of nitrogens with zero attached hydrogens (tertiary/aromatic N) is 1. The van der Waals surface area contributed by atoms with Gasteiger partial charge in [0.2, 0.25) is 0 Å². The molecule has 1 aromatic heterocycles. The van der Waals surface area contributed by atoms with Crippen LogP contribution >= 0.6 is 11.6 Å². The predicted octanol–water partition coefficient (Wildman–Crippen LogP) is 2.64. The summed E-state index contributed by atoms with van der Waals surface area (Å²) in [5, 5.41) is 10.3. The molecule has 0 radical (unpaired) electrons. The third-order valence-corrected chi connectivity index (χ3v) is 2.84. The number of carboxylic acid groups (broad SMARTS) is 1. The van der Waals surface area contributed by atoms with Crippen molar-refractivity contribution >= 4 is 28.5 Å². The summed E-state index contributed by atoms with van der Waals surface area (Å²) < 4.78 is 6.85. The minimum Gasteiger partial charge on any atom is -0.478 e. The van der Waals surface area contributed by atoms with Crippen LogP contribution in [0.25, 0.3) is 10.9 Å². The Morgan fingerprint density at radius 3 is 2.94 bits per heavy atom. The molecule has 0 bridgehead atoms. The first-order valence-electron chi connectivity index (χ1n) is 5.14. The summed E-state index contributed by atoms with van der Waals surface area (Å²) in [4.78, 5) is 11.1. The van der Waals surface area contributed by atoms with Crippen molar-refractivity contribution in [1.82, 2.24) is 4.57 Å². The number of hydrogen-bond acceptors (Lipinski definition) is 2. The van der Waals surface area contributed by atoms with Crippen LogP contribution in [0.4, 0.5) is 0 Å². The Balaban J connectivity index is 2.58. The summed E-state index contributed by atoms with van der Waals surface area (Å²) in [6.45, 7) is 1.15. The largest absolute Gasteiger partial charge is 0.478 e. The first-order chi connectivity index (χ1) is 8.13.